The third-order valence-corrected chi connectivity index (χ3v) is 4.92. The van der Waals surface area contributed by atoms with Crippen LogP contribution in [0.25, 0.3) is 16.9 Å². The smallest absolute Gasteiger partial charge is 0.257 e. The van der Waals surface area contributed by atoms with Gasteiger partial charge in [-0.2, -0.15) is 5.26 Å². The molecular weight excluding hydrogens is 358 g/mol. The number of anilines is 1. The quantitative estimate of drug-likeness (QED) is 0.638. The molecule has 0 bridgehead atoms. The van der Waals surface area contributed by atoms with E-state index in [1.165, 1.54) is 0 Å². The molecule has 0 aliphatic carbocycles. The van der Waals surface area contributed by atoms with Crippen LogP contribution in [0, 0.1) is 11.3 Å². The topological polar surface area (TPSA) is 119 Å². The second-order valence-electron chi connectivity index (χ2n) is 6.73. The molecule has 3 aromatic heterocycles. The van der Waals surface area contributed by atoms with Gasteiger partial charge in [0, 0.05) is 18.8 Å². The van der Waals surface area contributed by atoms with Crippen LogP contribution in [0.1, 0.15) is 12.8 Å². The lowest BCUT2D eigenvalue weighted by Crippen LogP contribution is -2.47. The molecule has 2 N–H and O–H groups in total. The van der Waals surface area contributed by atoms with Crippen LogP contribution >= 0.6 is 0 Å². The van der Waals surface area contributed by atoms with Crippen LogP contribution in [-0.2, 0) is 4.79 Å². The average Bonchev–Trinajstić information content (AvgIpc) is 3.13. The normalized spacial score (nSPS) is 18.5. The van der Waals surface area contributed by atoms with Crippen LogP contribution in [0.2, 0.25) is 0 Å². The predicted octanol–water partition coefficient (Wildman–Crippen LogP) is 1.05. The van der Waals surface area contributed by atoms with E-state index in [-0.39, 0.29) is 11.6 Å². The summed E-state index contributed by atoms with van der Waals surface area (Å²) in [5.74, 6) is 0.644. The largest absolute Gasteiger partial charge is 0.365 e. The van der Waals surface area contributed by atoms with Gasteiger partial charge in [-0.25, -0.2) is 9.50 Å². The van der Waals surface area contributed by atoms with Gasteiger partial charge in [0.15, 0.2) is 18.0 Å². The number of hydrogen-bond acceptors (Lipinski definition) is 7. The van der Waals surface area contributed by atoms with Crippen LogP contribution in [0.15, 0.2) is 41.5 Å². The highest BCUT2D eigenvalue weighted by Gasteiger charge is 2.25. The Kier molecular flexibility index (Phi) is 4.87. The first-order valence-electron chi connectivity index (χ1n) is 9.08. The van der Waals surface area contributed by atoms with Crippen LogP contribution in [0.3, 0.4) is 0 Å². The van der Waals surface area contributed by atoms with Gasteiger partial charge < -0.3 is 15.1 Å². The number of H-pyrrole nitrogens is 1. The van der Waals surface area contributed by atoms with Crippen molar-refractivity contribution in [3.8, 4) is 17.3 Å². The molecule has 1 unspecified atom stereocenters. The fourth-order valence-corrected chi connectivity index (χ4v) is 3.54. The zero-order chi connectivity index (χ0) is 19.5. The molecule has 0 spiro atoms. The lowest BCUT2D eigenvalue weighted by Gasteiger charge is -2.34. The number of nitrogens with one attached hydrogen (secondary N) is 2. The van der Waals surface area contributed by atoms with Gasteiger partial charge in [-0.15, -0.1) is 5.10 Å². The number of nitrogens with zero attached hydrogens (tertiary/aromatic N) is 5. The molecule has 4 heterocycles. The van der Waals surface area contributed by atoms with Gasteiger partial charge in [0.05, 0.1) is 23.5 Å². The molecule has 0 amide bonds. The summed E-state index contributed by atoms with van der Waals surface area (Å²) in [6.07, 6.45) is 5.70. The Bertz CT molecular complexity index is 1100. The number of carbonyl (C=O) groups is 1. The molecule has 1 saturated heterocycles. The molecule has 0 radical (unpaired) electrons. The summed E-state index contributed by atoms with van der Waals surface area (Å²) < 4.78 is 1.64. The molecule has 28 heavy (non-hydrogen) atoms. The minimum atomic E-state index is -0.718. The number of hydrogen-bond donors (Lipinski definition) is 2. The number of piperidine rings is 1. The first-order valence-corrected chi connectivity index (χ1v) is 9.08. The van der Waals surface area contributed by atoms with E-state index < -0.39 is 6.04 Å². The molecule has 1 aliphatic rings. The predicted molar refractivity (Wildman–Crippen MR) is 103 cm³/mol. The lowest BCUT2D eigenvalue weighted by atomic mass is 10.0. The summed E-state index contributed by atoms with van der Waals surface area (Å²) in [6, 6.07) is 8.53. The molecule has 0 saturated carbocycles. The average molecular weight is 377 g/mol. The molecule has 1 fully saturated rings. The van der Waals surface area contributed by atoms with Crippen LogP contribution in [0.5, 0.6) is 0 Å². The Morgan fingerprint density at radius 3 is 3.07 bits per heavy atom. The molecule has 1 aliphatic heterocycles. The van der Waals surface area contributed by atoms with E-state index >= 15 is 0 Å². The number of carbonyl (C=O) groups excluding carboxylic acids is 1. The maximum Gasteiger partial charge on any atom is 0.257 e. The minimum Gasteiger partial charge on any atom is -0.365 e. The number of imidazole rings is 1. The van der Waals surface area contributed by atoms with Gasteiger partial charge in [0.2, 0.25) is 0 Å². The van der Waals surface area contributed by atoms with Crippen LogP contribution in [0.4, 0.5) is 5.82 Å². The molecule has 0 aromatic carbocycles. The Hall–Kier alpha value is -3.51. The van der Waals surface area contributed by atoms with Gasteiger partial charge in [-0.1, -0.05) is 0 Å². The Labute approximate surface area is 160 Å². The summed E-state index contributed by atoms with van der Waals surface area (Å²) >= 11 is 0. The highest BCUT2D eigenvalue weighted by Crippen LogP contribution is 2.20. The van der Waals surface area contributed by atoms with Crippen molar-refractivity contribution in [2.45, 2.75) is 24.9 Å². The van der Waals surface area contributed by atoms with Crippen molar-refractivity contribution >= 4 is 17.8 Å². The minimum absolute atomic E-state index is 0.0709. The van der Waals surface area contributed by atoms with Gasteiger partial charge in [-0.05, 0) is 43.7 Å². The van der Waals surface area contributed by atoms with E-state index in [9.17, 15) is 9.59 Å². The van der Waals surface area contributed by atoms with Crippen molar-refractivity contribution in [1.29, 1.82) is 5.26 Å². The number of rotatable bonds is 5. The van der Waals surface area contributed by atoms with Crippen molar-refractivity contribution < 1.29 is 4.79 Å². The number of nitriles is 1. The molecule has 9 nitrogen and oxygen atoms in total. The number of aromatic nitrogens is 4. The third-order valence-electron chi connectivity index (χ3n) is 4.92. The summed E-state index contributed by atoms with van der Waals surface area (Å²) in [5, 5.41) is 17.1. The highest BCUT2D eigenvalue weighted by molar-refractivity contribution is 5.63. The summed E-state index contributed by atoms with van der Waals surface area (Å²) in [4.78, 5) is 32.1. The summed E-state index contributed by atoms with van der Waals surface area (Å²) in [6.45, 7) is 1.32. The third kappa shape index (κ3) is 3.37. The summed E-state index contributed by atoms with van der Waals surface area (Å²) in [7, 11) is 0. The number of fused-ring (bicyclic) bond motifs is 1. The molecular formula is C19H19N7O2. The van der Waals surface area contributed by atoms with E-state index in [0.717, 1.165) is 19.4 Å². The van der Waals surface area contributed by atoms with Gasteiger partial charge in [-0.3, -0.25) is 9.69 Å². The molecule has 3 aromatic rings. The van der Waals surface area contributed by atoms with Crippen molar-refractivity contribution in [3.63, 3.8) is 0 Å². The van der Waals surface area contributed by atoms with E-state index in [1.807, 2.05) is 23.1 Å². The number of aromatic amines is 1. The van der Waals surface area contributed by atoms with Crippen LogP contribution in [-0.4, -0.2) is 55.9 Å². The number of pyridine rings is 1. The number of aldehydes is 1. The van der Waals surface area contributed by atoms with E-state index in [2.05, 4.69) is 20.4 Å². The SMILES string of the molecule is N#CC(C=O)N1CCC[C@@H](Nc2ccc3ncc(-c4ccc[nH]c4=O)n3n2)C1. The Morgan fingerprint density at radius 1 is 1.39 bits per heavy atom. The highest BCUT2D eigenvalue weighted by atomic mass is 16.1. The fraction of sp³-hybridized carbons (Fsp3) is 0.316. The first-order chi connectivity index (χ1) is 13.7. The van der Waals surface area contributed by atoms with Crippen molar-refractivity contribution in [2.75, 3.05) is 18.4 Å². The fourth-order valence-electron chi connectivity index (χ4n) is 3.54. The van der Waals surface area contributed by atoms with Gasteiger partial charge in [0.25, 0.3) is 5.56 Å². The Balaban J connectivity index is 1.59. The monoisotopic (exact) mass is 377 g/mol. The second-order valence-corrected chi connectivity index (χ2v) is 6.73. The summed E-state index contributed by atoms with van der Waals surface area (Å²) in [5.41, 5.74) is 1.53. The standard InChI is InChI=1S/C19H19N7O2/c20-9-14(12-27)25-8-2-3-13(11-25)23-17-5-6-18-22-10-16(26(18)24-17)15-4-1-7-21-19(15)28/h1,4-7,10,12-14H,2-3,8,11H2,(H,21,28)(H,23,24)/t13-,14?/m1/s1. The maximum atomic E-state index is 12.1. The van der Waals surface area contributed by atoms with Crippen molar-refractivity contribution in [3.05, 3.63) is 47.0 Å². The zero-order valence-electron chi connectivity index (χ0n) is 15.1. The van der Waals surface area contributed by atoms with Crippen molar-refractivity contribution in [2.24, 2.45) is 0 Å². The molecule has 2 atom stereocenters. The van der Waals surface area contributed by atoms with E-state index in [0.29, 0.717) is 35.6 Å². The van der Waals surface area contributed by atoms with Gasteiger partial charge in [0.1, 0.15) is 5.82 Å². The molecule has 4 rings (SSSR count). The first kappa shape index (κ1) is 17.9. The van der Waals surface area contributed by atoms with Gasteiger partial charge >= 0.3 is 0 Å². The van der Waals surface area contributed by atoms with Crippen molar-refractivity contribution in [1.82, 2.24) is 24.5 Å². The zero-order valence-corrected chi connectivity index (χ0v) is 15.1. The Morgan fingerprint density at radius 2 is 2.29 bits per heavy atom. The maximum absolute atomic E-state index is 12.1. The second kappa shape index (κ2) is 7.62. The number of likely N-dealkylation sites (tertiary alicyclic amines) is 1. The van der Waals surface area contributed by atoms with E-state index in [1.54, 1.807) is 29.0 Å². The molecule has 9 heteroatoms. The lowest BCUT2D eigenvalue weighted by molar-refractivity contribution is -0.111. The van der Waals surface area contributed by atoms with Crippen LogP contribution < -0.4 is 10.9 Å². The molecule has 142 valence electrons. The van der Waals surface area contributed by atoms with E-state index in [4.69, 9.17) is 5.26 Å².